The minimum atomic E-state index is -0.468. The van der Waals surface area contributed by atoms with Gasteiger partial charge < -0.3 is 10.6 Å². The Labute approximate surface area is 95.2 Å². The van der Waals surface area contributed by atoms with Crippen molar-refractivity contribution < 1.29 is 4.79 Å². The van der Waals surface area contributed by atoms with Gasteiger partial charge in [-0.1, -0.05) is 13.8 Å². The summed E-state index contributed by atoms with van der Waals surface area (Å²) in [5, 5.41) is 6.71. The number of amides is 1. The first kappa shape index (κ1) is 12.6. The average Bonchev–Trinajstić information content (AvgIpc) is 2.61. The van der Waals surface area contributed by atoms with E-state index in [9.17, 15) is 4.79 Å². The number of aryl methyl sites for hydroxylation is 1. The maximum Gasteiger partial charge on any atom is 0.239 e. The van der Waals surface area contributed by atoms with E-state index >= 15 is 0 Å². The highest BCUT2D eigenvalue weighted by Gasteiger charge is 2.21. The summed E-state index contributed by atoms with van der Waals surface area (Å²) in [5.74, 6) is 1.38. The second-order valence-electron chi connectivity index (χ2n) is 4.30. The van der Waals surface area contributed by atoms with Gasteiger partial charge in [-0.3, -0.25) is 9.89 Å². The molecule has 6 heteroatoms. The van der Waals surface area contributed by atoms with Crippen molar-refractivity contribution in [3.05, 3.63) is 11.6 Å². The number of H-pyrrole nitrogens is 1. The third kappa shape index (κ3) is 3.03. The van der Waals surface area contributed by atoms with Crippen molar-refractivity contribution in [2.24, 2.45) is 11.7 Å². The second-order valence-corrected chi connectivity index (χ2v) is 4.30. The standard InChI is InChI=1S/C10H19N5O/c1-6(2)9(11)10(16)15(4)5-8-12-7(3)13-14-8/h6,9H,5,11H2,1-4H3,(H,12,13,14). The lowest BCUT2D eigenvalue weighted by Crippen LogP contribution is -2.44. The van der Waals surface area contributed by atoms with Crippen LogP contribution < -0.4 is 5.73 Å². The van der Waals surface area contributed by atoms with Gasteiger partial charge >= 0.3 is 0 Å². The van der Waals surface area contributed by atoms with E-state index in [1.54, 1.807) is 11.9 Å². The maximum absolute atomic E-state index is 11.8. The van der Waals surface area contributed by atoms with Crippen molar-refractivity contribution >= 4 is 5.91 Å². The molecule has 1 unspecified atom stereocenters. The Hall–Kier alpha value is -1.43. The molecule has 0 aliphatic carbocycles. The number of rotatable bonds is 4. The van der Waals surface area contributed by atoms with E-state index in [2.05, 4.69) is 15.2 Å². The van der Waals surface area contributed by atoms with Gasteiger partial charge in [-0.15, -0.1) is 0 Å². The van der Waals surface area contributed by atoms with Crippen LogP contribution in [0.25, 0.3) is 0 Å². The molecule has 1 rings (SSSR count). The van der Waals surface area contributed by atoms with Crippen molar-refractivity contribution in [1.29, 1.82) is 0 Å². The van der Waals surface area contributed by atoms with Crippen molar-refractivity contribution in [3.8, 4) is 0 Å². The Morgan fingerprint density at radius 2 is 2.19 bits per heavy atom. The molecule has 0 aliphatic rings. The highest BCUT2D eigenvalue weighted by molar-refractivity contribution is 5.81. The number of aromatic nitrogens is 3. The molecule has 90 valence electrons. The predicted molar refractivity (Wildman–Crippen MR) is 60.4 cm³/mol. The molecule has 6 nitrogen and oxygen atoms in total. The number of nitrogens with zero attached hydrogens (tertiary/aromatic N) is 3. The summed E-state index contributed by atoms with van der Waals surface area (Å²) in [7, 11) is 1.70. The van der Waals surface area contributed by atoms with Crippen LogP contribution >= 0.6 is 0 Å². The molecule has 0 bridgehead atoms. The number of aromatic amines is 1. The van der Waals surface area contributed by atoms with Gasteiger partial charge in [0, 0.05) is 7.05 Å². The Morgan fingerprint density at radius 1 is 1.56 bits per heavy atom. The smallest absolute Gasteiger partial charge is 0.239 e. The van der Waals surface area contributed by atoms with Crippen LogP contribution in [0.2, 0.25) is 0 Å². The number of nitrogens with one attached hydrogen (secondary N) is 1. The number of nitrogens with two attached hydrogens (primary N) is 1. The molecular weight excluding hydrogens is 206 g/mol. The molecule has 16 heavy (non-hydrogen) atoms. The minimum Gasteiger partial charge on any atom is -0.337 e. The Kier molecular flexibility index (Phi) is 4.00. The van der Waals surface area contributed by atoms with Crippen LogP contribution in [-0.2, 0) is 11.3 Å². The van der Waals surface area contributed by atoms with E-state index in [0.717, 1.165) is 5.82 Å². The molecule has 1 amide bonds. The quantitative estimate of drug-likeness (QED) is 0.758. The highest BCUT2D eigenvalue weighted by atomic mass is 16.2. The lowest BCUT2D eigenvalue weighted by Gasteiger charge is -2.22. The van der Waals surface area contributed by atoms with Crippen molar-refractivity contribution in [2.75, 3.05) is 7.05 Å². The van der Waals surface area contributed by atoms with E-state index in [1.165, 1.54) is 0 Å². The molecule has 1 aromatic heterocycles. The van der Waals surface area contributed by atoms with E-state index in [1.807, 2.05) is 20.8 Å². The summed E-state index contributed by atoms with van der Waals surface area (Å²) in [6.45, 7) is 6.04. The van der Waals surface area contributed by atoms with Crippen LogP contribution in [0.15, 0.2) is 0 Å². The lowest BCUT2D eigenvalue weighted by molar-refractivity contribution is -0.132. The fourth-order valence-electron chi connectivity index (χ4n) is 1.29. The molecule has 1 aromatic rings. The average molecular weight is 225 g/mol. The van der Waals surface area contributed by atoms with E-state index < -0.39 is 6.04 Å². The van der Waals surface area contributed by atoms with Crippen LogP contribution in [0.3, 0.4) is 0 Å². The van der Waals surface area contributed by atoms with Gasteiger partial charge in [0.25, 0.3) is 0 Å². The number of hydrogen-bond acceptors (Lipinski definition) is 4. The predicted octanol–water partition coefficient (Wildman–Crippen LogP) is 0.0548. The fourth-order valence-corrected chi connectivity index (χ4v) is 1.29. The number of hydrogen-bond donors (Lipinski definition) is 2. The van der Waals surface area contributed by atoms with Crippen molar-refractivity contribution in [1.82, 2.24) is 20.1 Å². The van der Waals surface area contributed by atoms with Gasteiger partial charge in [-0.2, -0.15) is 5.10 Å². The second kappa shape index (κ2) is 5.07. The molecule has 0 radical (unpaired) electrons. The van der Waals surface area contributed by atoms with Crippen LogP contribution in [0.1, 0.15) is 25.5 Å². The summed E-state index contributed by atoms with van der Waals surface area (Å²) >= 11 is 0. The van der Waals surface area contributed by atoms with Crippen LogP contribution in [0.5, 0.6) is 0 Å². The third-order valence-corrected chi connectivity index (χ3v) is 2.40. The van der Waals surface area contributed by atoms with Gasteiger partial charge in [0.2, 0.25) is 5.91 Å². The van der Waals surface area contributed by atoms with Gasteiger partial charge in [-0.25, -0.2) is 4.98 Å². The van der Waals surface area contributed by atoms with Gasteiger partial charge in [0.1, 0.15) is 5.82 Å². The molecule has 1 atom stereocenters. The molecular formula is C10H19N5O. The summed E-state index contributed by atoms with van der Waals surface area (Å²) in [6.07, 6.45) is 0. The zero-order valence-corrected chi connectivity index (χ0v) is 10.2. The Bertz CT molecular complexity index is 360. The molecule has 0 saturated heterocycles. The topological polar surface area (TPSA) is 87.9 Å². The van der Waals surface area contributed by atoms with Gasteiger partial charge in [0.05, 0.1) is 12.6 Å². The number of carbonyl (C=O) groups excluding carboxylic acids is 1. The summed E-state index contributed by atoms with van der Waals surface area (Å²) in [6, 6.07) is -0.468. The highest BCUT2D eigenvalue weighted by Crippen LogP contribution is 2.04. The van der Waals surface area contributed by atoms with Gasteiger partial charge in [-0.05, 0) is 12.8 Å². The first-order valence-corrected chi connectivity index (χ1v) is 5.30. The normalized spacial score (nSPS) is 12.9. The molecule has 0 saturated carbocycles. The zero-order chi connectivity index (χ0) is 12.3. The molecule has 1 heterocycles. The maximum atomic E-state index is 11.8. The van der Waals surface area contributed by atoms with Crippen LogP contribution in [-0.4, -0.2) is 39.1 Å². The molecule has 0 fully saturated rings. The Balaban J connectivity index is 2.58. The molecule has 3 N–H and O–H groups in total. The van der Waals surface area contributed by atoms with E-state index in [0.29, 0.717) is 12.4 Å². The monoisotopic (exact) mass is 225 g/mol. The third-order valence-electron chi connectivity index (χ3n) is 2.40. The fraction of sp³-hybridized carbons (Fsp3) is 0.700. The zero-order valence-electron chi connectivity index (χ0n) is 10.2. The van der Waals surface area contributed by atoms with Crippen molar-refractivity contribution in [3.63, 3.8) is 0 Å². The molecule has 0 aromatic carbocycles. The van der Waals surface area contributed by atoms with Crippen LogP contribution in [0.4, 0.5) is 0 Å². The molecule has 0 aliphatic heterocycles. The minimum absolute atomic E-state index is 0.0857. The van der Waals surface area contributed by atoms with Crippen LogP contribution in [0, 0.1) is 12.8 Å². The number of likely N-dealkylation sites (N-methyl/N-ethyl adjacent to an activating group) is 1. The van der Waals surface area contributed by atoms with Gasteiger partial charge in [0.15, 0.2) is 5.82 Å². The summed E-state index contributed by atoms with van der Waals surface area (Å²) in [5.41, 5.74) is 5.78. The lowest BCUT2D eigenvalue weighted by atomic mass is 10.0. The first-order valence-electron chi connectivity index (χ1n) is 5.30. The molecule has 0 spiro atoms. The number of carbonyl (C=O) groups is 1. The largest absolute Gasteiger partial charge is 0.337 e. The summed E-state index contributed by atoms with van der Waals surface area (Å²) < 4.78 is 0. The van der Waals surface area contributed by atoms with E-state index in [-0.39, 0.29) is 11.8 Å². The SMILES string of the molecule is Cc1nc(CN(C)C(=O)C(N)C(C)C)n[nH]1. The van der Waals surface area contributed by atoms with E-state index in [4.69, 9.17) is 5.73 Å². The summed E-state index contributed by atoms with van der Waals surface area (Å²) in [4.78, 5) is 17.5. The first-order chi connectivity index (χ1) is 7.41. The van der Waals surface area contributed by atoms with Crippen molar-refractivity contribution in [2.45, 2.75) is 33.4 Å². The Morgan fingerprint density at radius 3 is 2.62 bits per heavy atom.